The molecule has 0 unspecified atom stereocenters. The van der Waals surface area contributed by atoms with E-state index in [-0.39, 0.29) is 52.5 Å². The summed E-state index contributed by atoms with van der Waals surface area (Å²) in [6.07, 6.45) is 2.12. The summed E-state index contributed by atoms with van der Waals surface area (Å²) < 4.78 is 63.4. The van der Waals surface area contributed by atoms with Crippen LogP contribution in [0.25, 0.3) is 0 Å². The van der Waals surface area contributed by atoms with Gasteiger partial charge in [-0.3, -0.25) is 9.52 Å². The van der Waals surface area contributed by atoms with Crippen molar-refractivity contribution in [3.8, 4) is 5.75 Å². The van der Waals surface area contributed by atoms with Crippen LogP contribution in [0.4, 0.5) is 5.69 Å². The first-order valence-corrected chi connectivity index (χ1v) is 15.5. The zero-order valence-electron chi connectivity index (χ0n) is 22.6. The van der Waals surface area contributed by atoms with E-state index < -0.39 is 38.1 Å². The summed E-state index contributed by atoms with van der Waals surface area (Å²) in [7, 11) is -4.73. The molecular weight excluding hydrogens is 558 g/mol. The second-order valence-corrected chi connectivity index (χ2v) is 13.6. The number of anilines is 1. The van der Waals surface area contributed by atoms with E-state index >= 15 is 0 Å². The van der Waals surface area contributed by atoms with Crippen molar-refractivity contribution >= 4 is 31.6 Å². The van der Waals surface area contributed by atoms with Crippen molar-refractivity contribution in [3.63, 3.8) is 0 Å². The number of sulfonamides is 2. The SMILES string of the molecule is C[C@@H]1CN([C@@H](C)CO)C(=O)c2cc(NS(=O)(=O)c3ccccc3)ccc2O[C@@H]1CN(C)S(=O)(=O)c1cn(C)cn1. The van der Waals surface area contributed by atoms with Crippen molar-refractivity contribution in [3.05, 3.63) is 66.6 Å². The molecular formula is C26H33N5O7S2. The van der Waals surface area contributed by atoms with E-state index in [9.17, 15) is 26.7 Å². The number of rotatable bonds is 9. The van der Waals surface area contributed by atoms with Crippen molar-refractivity contribution in [1.82, 2.24) is 18.8 Å². The second-order valence-electron chi connectivity index (χ2n) is 9.92. The number of hydrogen-bond donors (Lipinski definition) is 2. The summed E-state index contributed by atoms with van der Waals surface area (Å²) in [4.78, 5) is 19.2. The Morgan fingerprint density at radius 1 is 1.18 bits per heavy atom. The van der Waals surface area contributed by atoms with Gasteiger partial charge in [-0.25, -0.2) is 21.8 Å². The zero-order valence-corrected chi connectivity index (χ0v) is 24.3. The molecule has 3 aromatic rings. The molecule has 40 heavy (non-hydrogen) atoms. The molecule has 0 saturated heterocycles. The number of hydrogen-bond acceptors (Lipinski definition) is 8. The molecule has 2 heterocycles. The van der Waals surface area contributed by atoms with Crippen LogP contribution < -0.4 is 9.46 Å². The Morgan fingerprint density at radius 3 is 2.50 bits per heavy atom. The number of nitrogens with one attached hydrogen (secondary N) is 1. The van der Waals surface area contributed by atoms with Gasteiger partial charge in [-0.05, 0) is 37.3 Å². The monoisotopic (exact) mass is 591 g/mol. The summed E-state index contributed by atoms with van der Waals surface area (Å²) in [5.41, 5.74) is 0.233. The summed E-state index contributed by atoms with van der Waals surface area (Å²) in [5, 5.41) is 9.77. The van der Waals surface area contributed by atoms with E-state index in [2.05, 4.69) is 9.71 Å². The van der Waals surface area contributed by atoms with E-state index in [0.717, 1.165) is 4.31 Å². The number of ether oxygens (including phenoxy) is 1. The molecule has 14 heteroatoms. The van der Waals surface area contributed by atoms with E-state index in [1.54, 1.807) is 32.2 Å². The minimum atomic E-state index is -3.92. The molecule has 0 fully saturated rings. The molecule has 12 nitrogen and oxygen atoms in total. The lowest BCUT2D eigenvalue weighted by atomic mass is 9.99. The van der Waals surface area contributed by atoms with Crippen LogP contribution in [0, 0.1) is 5.92 Å². The number of imidazole rings is 1. The third kappa shape index (κ3) is 6.14. The van der Waals surface area contributed by atoms with Crippen LogP contribution in [0.3, 0.4) is 0 Å². The van der Waals surface area contributed by atoms with Gasteiger partial charge in [0.15, 0.2) is 5.03 Å². The van der Waals surface area contributed by atoms with Crippen LogP contribution in [-0.4, -0.2) is 85.5 Å². The van der Waals surface area contributed by atoms with Gasteiger partial charge < -0.3 is 19.3 Å². The predicted molar refractivity (Wildman–Crippen MR) is 148 cm³/mol. The smallest absolute Gasteiger partial charge is 0.261 e. The normalized spacial score (nSPS) is 18.9. The fraction of sp³-hybridized carbons (Fsp3) is 0.385. The predicted octanol–water partition coefficient (Wildman–Crippen LogP) is 1.76. The number of nitrogens with zero attached hydrogens (tertiary/aromatic N) is 4. The van der Waals surface area contributed by atoms with E-state index in [1.807, 2.05) is 6.92 Å². The maximum absolute atomic E-state index is 13.6. The highest BCUT2D eigenvalue weighted by molar-refractivity contribution is 7.92. The summed E-state index contributed by atoms with van der Waals surface area (Å²) in [5.74, 6) is -0.608. The molecule has 0 bridgehead atoms. The van der Waals surface area contributed by atoms with Crippen LogP contribution in [0.5, 0.6) is 5.75 Å². The van der Waals surface area contributed by atoms with E-state index in [0.29, 0.717) is 0 Å². The number of fused-ring (bicyclic) bond motifs is 1. The highest BCUT2D eigenvalue weighted by Crippen LogP contribution is 2.32. The molecule has 1 amide bonds. The third-order valence-electron chi connectivity index (χ3n) is 6.76. The van der Waals surface area contributed by atoms with Gasteiger partial charge in [-0.15, -0.1) is 0 Å². The van der Waals surface area contributed by atoms with Gasteiger partial charge in [0.25, 0.3) is 26.0 Å². The summed E-state index contributed by atoms with van der Waals surface area (Å²) in [6, 6.07) is 11.6. The van der Waals surface area contributed by atoms with Crippen LogP contribution in [0.1, 0.15) is 24.2 Å². The number of amides is 1. The Bertz CT molecular complexity index is 1580. The molecule has 3 atom stereocenters. The van der Waals surface area contributed by atoms with Crippen LogP contribution >= 0.6 is 0 Å². The fourth-order valence-electron chi connectivity index (χ4n) is 4.35. The van der Waals surface area contributed by atoms with Crippen molar-refractivity contribution in [1.29, 1.82) is 0 Å². The molecule has 4 rings (SSSR count). The molecule has 0 aliphatic carbocycles. The number of likely N-dealkylation sites (N-methyl/N-ethyl adjacent to an activating group) is 1. The Kier molecular flexibility index (Phi) is 8.54. The first-order chi connectivity index (χ1) is 18.8. The first kappa shape index (κ1) is 29.5. The Hall–Kier alpha value is -3.46. The molecule has 216 valence electrons. The van der Waals surface area contributed by atoms with Gasteiger partial charge in [0.05, 0.1) is 36.0 Å². The van der Waals surface area contributed by atoms with Crippen molar-refractivity contribution in [2.45, 2.75) is 35.9 Å². The number of carbonyl (C=O) groups is 1. The van der Waals surface area contributed by atoms with Crippen molar-refractivity contribution < 1.29 is 31.5 Å². The Balaban J connectivity index is 1.68. The van der Waals surface area contributed by atoms with Gasteiger partial charge in [0, 0.05) is 38.4 Å². The summed E-state index contributed by atoms with van der Waals surface area (Å²) >= 11 is 0. The topological polar surface area (TPSA) is 151 Å². The molecule has 2 N–H and O–H groups in total. The van der Waals surface area contributed by atoms with Crippen molar-refractivity contribution in [2.75, 3.05) is 31.5 Å². The van der Waals surface area contributed by atoms with Crippen molar-refractivity contribution in [2.24, 2.45) is 13.0 Å². The average molecular weight is 592 g/mol. The maximum Gasteiger partial charge on any atom is 0.261 e. The van der Waals surface area contributed by atoms with Crippen LogP contribution in [0.15, 0.2) is 71.0 Å². The van der Waals surface area contributed by atoms with Gasteiger partial charge in [-0.2, -0.15) is 4.31 Å². The molecule has 0 saturated carbocycles. The molecule has 2 aromatic carbocycles. The molecule has 0 radical (unpaired) electrons. The number of benzene rings is 2. The van der Waals surface area contributed by atoms with Crippen LogP contribution in [0.2, 0.25) is 0 Å². The van der Waals surface area contributed by atoms with Crippen LogP contribution in [-0.2, 0) is 27.1 Å². The minimum Gasteiger partial charge on any atom is -0.488 e. The lowest BCUT2D eigenvalue weighted by Gasteiger charge is -2.38. The number of aromatic nitrogens is 2. The van der Waals surface area contributed by atoms with E-state index in [4.69, 9.17) is 4.74 Å². The summed E-state index contributed by atoms with van der Waals surface area (Å²) in [6.45, 7) is 3.36. The quantitative estimate of drug-likeness (QED) is 0.382. The second kappa shape index (κ2) is 11.6. The number of aryl methyl sites for hydroxylation is 1. The average Bonchev–Trinajstić information content (AvgIpc) is 3.38. The van der Waals surface area contributed by atoms with Gasteiger partial charge in [0.2, 0.25) is 0 Å². The zero-order chi connectivity index (χ0) is 29.2. The molecule has 1 aliphatic heterocycles. The molecule has 1 aliphatic rings. The van der Waals surface area contributed by atoms with E-state index in [1.165, 1.54) is 59.4 Å². The maximum atomic E-state index is 13.6. The van der Waals surface area contributed by atoms with Gasteiger partial charge >= 0.3 is 0 Å². The third-order valence-corrected chi connectivity index (χ3v) is 9.87. The fourth-order valence-corrected chi connectivity index (χ4v) is 6.56. The Labute approximate surface area is 234 Å². The minimum absolute atomic E-state index is 0.0442. The molecule has 1 aromatic heterocycles. The highest BCUT2D eigenvalue weighted by atomic mass is 32.2. The lowest BCUT2D eigenvalue weighted by Crippen LogP contribution is -2.50. The van der Waals surface area contributed by atoms with Gasteiger partial charge in [0.1, 0.15) is 11.9 Å². The largest absolute Gasteiger partial charge is 0.488 e. The van der Waals surface area contributed by atoms with Gasteiger partial charge in [-0.1, -0.05) is 25.1 Å². The number of aliphatic hydroxyl groups excluding tert-OH is 1. The molecule has 0 spiro atoms. The standard InChI is InChI=1S/C26H33N5O7S2/c1-18-13-31(19(2)16-32)26(33)22-12-20(28-39(34,35)21-8-6-5-7-9-21)10-11-23(22)38-24(18)14-30(4)40(36,37)25-15-29(3)17-27-25/h5-12,15,17-19,24,28,32H,13-14,16H2,1-4H3/t18-,19+,24-/m1/s1. The first-order valence-electron chi connectivity index (χ1n) is 12.6. The number of carbonyl (C=O) groups excluding carboxylic acids is 1. The lowest BCUT2D eigenvalue weighted by molar-refractivity contribution is 0.0387. The Morgan fingerprint density at radius 2 is 1.88 bits per heavy atom. The highest BCUT2D eigenvalue weighted by Gasteiger charge is 2.36. The number of aliphatic hydroxyl groups is 1.